The predicted molar refractivity (Wildman–Crippen MR) is 211 cm³/mol. The standard InChI is InChI=1S/C47H31N3O/c1-2-14-33(15-3-1)45-48-46(34-28-26-32(27-29-34)36-20-8-16-30-12-4-6-18-35(30)36)50-47(49-45)41-24-11-25-42-43(41)40-23-10-22-39(44(40)51-42)38-21-9-17-31-13-5-7-19-37(31)38/h1-29,47H,(H,48,49,50). The second kappa shape index (κ2) is 12.0. The topological polar surface area (TPSA) is 49.9 Å². The van der Waals surface area contributed by atoms with Gasteiger partial charge in [-0.15, -0.1) is 0 Å². The molecule has 0 aliphatic carbocycles. The molecule has 1 aliphatic heterocycles. The number of benzene rings is 8. The summed E-state index contributed by atoms with van der Waals surface area (Å²) in [6.45, 7) is 0. The Morgan fingerprint density at radius 3 is 1.82 bits per heavy atom. The van der Waals surface area contributed by atoms with E-state index in [-0.39, 0.29) is 0 Å². The molecule has 0 bridgehead atoms. The molecular weight excluding hydrogens is 623 g/mol. The third kappa shape index (κ3) is 5.00. The first-order valence-electron chi connectivity index (χ1n) is 17.3. The summed E-state index contributed by atoms with van der Waals surface area (Å²) in [7, 11) is 0. The number of amidine groups is 2. The molecule has 51 heavy (non-hydrogen) atoms. The summed E-state index contributed by atoms with van der Waals surface area (Å²) in [6.07, 6.45) is -0.392. The maximum absolute atomic E-state index is 6.72. The van der Waals surface area contributed by atoms with Crippen molar-refractivity contribution in [2.45, 2.75) is 6.17 Å². The molecule has 8 aromatic carbocycles. The predicted octanol–water partition coefficient (Wildman–Crippen LogP) is 11.7. The van der Waals surface area contributed by atoms with E-state index in [1.807, 2.05) is 18.2 Å². The molecule has 0 radical (unpaired) electrons. The van der Waals surface area contributed by atoms with Crippen molar-refractivity contribution in [3.8, 4) is 22.3 Å². The molecule has 10 rings (SSSR count). The van der Waals surface area contributed by atoms with Crippen molar-refractivity contribution in [3.05, 3.63) is 193 Å². The molecule has 0 saturated carbocycles. The molecule has 1 aliphatic rings. The van der Waals surface area contributed by atoms with Gasteiger partial charge in [0.1, 0.15) is 23.2 Å². The third-order valence-electron chi connectivity index (χ3n) is 9.96. The molecule has 1 atom stereocenters. The van der Waals surface area contributed by atoms with Gasteiger partial charge in [-0.2, -0.15) is 0 Å². The summed E-state index contributed by atoms with van der Waals surface area (Å²) in [6, 6.07) is 61.5. The van der Waals surface area contributed by atoms with E-state index in [0.717, 1.165) is 61.2 Å². The van der Waals surface area contributed by atoms with E-state index >= 15 is 0 Å². The average molecular weight is 654 g/mol. The van der Waals surface area contributed by atoms with E-state index in [1.54, 1.807) is 0 Å². The van der Waals surface area contributed by atoms with Crippen LogP contribution in [-0.4, -0.2) is 11.7 Å². The Balaban J connectivity index is 1.09. The summed E-state index contributed by atoms with van der Waals surface area (Å²) < 4.78 is 6.72. The van der Waals surface area contributed by atoms with Crippen LogP contribution in [0.4, 0.5) is 0 Å². The SMILES string of the molecule is c1ccc(C2=NC(c3cccc4oc5c(-c6cccc7ccccc67)cccc5c34)NC(c3ccc(-c4cccc5ccccc45)cc3)=N2)cc1. The molecule has 0 amide bonds. The normalized spacial score (nSPS) is 14.5. The van der Waals surface area contributed by atoms with Crippen molar-refractivity contribution in [2.75, 3.05) is 0 Å². The molecule has 4 nitrogen and oxygen atoms in total. The first kappa shape index (κ1) is 29.2. The summed E-state index contributed by atoms with van der Waals surface area (Å²) in [4.78, 5) is 10.3. The van der Waals surface area contributed by atoms with Crippen molar-refractivity contribution < 1.29 is 4.42 Å². The fourth-order valence-corrected chi connectivity index (χ4v) is 7.53. The molecule has 0 saturated heterocycles. The van der Waals surface area contributed by atoms with Gasteiger partial charge in [-0.1, -0.05) is 170 Å². The lowest BCUT2D eigenvalue weighted by Gasteiger charge is -2.24. The van der Waals surface area contributed by atoms with Gasteiger partial charge in [0.05, 0.1) is 0 Å². The van der Waals surface area contributed by atoms with Gasteiger partial charge < -0.3 is 9.73 Å². The van der Waals surface area contributed by atoms with Crippen molar-refractivity contribution in [1.29, 1.82) is 0 Å². The molecule has 0 spiro atoms. The monoisotopic (exact) mass is 653 g/mol. The Labute approximate surface area is 295 Å². The highest BCUT2D eigenvalue weighted by molar-refractivity contribution is 6.16. The zero-order valence-electron chi connectivity index (χ0n) is 27.6. The number of para-hydroxylation sites is 1. The molecule has 2 heterocycles. The number of aliphatic imine (C=N–C) groups is 2. The van der Waals surface area contributed by atoms with Gasteiger partial charge in [-0.25, -0.2) is 9.98 Å². The third-order valence-corrected chi connectivity index (χ3v) is 9.96. The molecule has 1 unspecified atom stereocenters. The highest BCUT2D eigenvalue weighted by Crippen LogP contribution is 2.41. The second-order valence-corrected chi connectivity index (χ2v) is 13.0. The molecule has 240 valence electrons. The largest absolute Gasteiger partial charge is 0.455 e. The lowest BCUT2D eigenvalue weighted by atomic mass is 9.95. The van der Waals surface area contributed by atoms with E-state index < -0.39 is 6.17 Å². The fraction of sp³-hybridized carbons (Fsp3) is 0.0213. The Bertz CT molecular complexity index is 2820. The van der Waals surface area contributed by atoms with Gasteiger partial charge in [0, 0.05) is 33.0 Å². The Morgan fingerprint density at radius 1 is 0.451 bits per heavy atom. The quantitative estimate of drug-likeness (QED) is 0.201. The summed E-state index contributed by atoms with van der Waals surface area (Å²) in [5.74, 6) is 1.47. The number of nitrogens with zero attached hydrogens (tertiary/aromatic N) is 2. The number of rotatable bonds is 5. The van der Waals surface area contributed by atoms with Crippen molar-refractivity contribution in [2.24, 2.45) is 9.98 Å². The van der Waals surface area contributed by atoms with Gasteiger partial charge >= 0.3 is 0 Å². The van der Waals surface area contributed by atoms with Crippen molar-refractivity contribution in [1.82, 2.24) is 5.32 Å². The first-order chi connectivity index (χ1) is 25.3. The van der Waals surface area contributed by atoms with Crippen LogP contribution >= 0.6 is 0 Å². The highest BCUT2D eigenvalue weighted by Gasteiger charge is 2.25. The van der Waals surface area contributed by atoms with Crippen LogP contribution < -0.4 is 5.32 Å². The average Bonchev–Trinajstić information content (AvgIpc) is 3.60. The maximum Gasteiger partial charge on any atom is 0.159 e. The van der Waals surface area contributed by atoms with E-state index in [0.29, 0.717) is 5.84 Å². The number of nitrogens with one attached hydrogen (secondary N) is 1. The first-order valence-corrected chi connectivity index (χ1v) is 17.3. The van der Waals surface area contributed by atoms with E-state index in [4.69, 9.17) is 14.4 Å². The summed E-state index contributed by atoms with van der Waals surface area (Å²) >= 11 is 0. The number of furan rings is 1. The van der Waals surface area contributed by atoms with Gasteiger partial charge in [0.15, 0.2) is 5.84 Å². The lowest BCUT2D eigenvalue weighted by Crippen LogP contribution is -2.33. The van der Waals surface area contributed by atoms with E-state index in [2.05, 4.69) is 163 Å². The number of fused-ring (bicyclic) bond motifs is 5. The van der Waals surface area contributed by atoms with Crippen LogP contribution in [0, 0.1) is 0 Å². The van der Waals surface area contributed by atoms with Crippen LogP contribution in [0.5, 0.6) is 0 Å². The van der Waals surface area contributed by atoms with Crippen LogP contribution in [0.2, 0.25) is 0 Å². The Morgan fingerprint density at radius 2 is 1.04 bits per heavy atom. The smallest absolute Gasteiger partial charge is 0.159 e. The summed E-state index contributed by atoms with van der Waals surface area (Å²) in [5, 5.41) is 10.7. The minimum Gasteiger partial charge on any atom is -0.455 e. The van der Waals surface area contributed by atoms with E-state index in [1.165, 1.54) is 27.1 Å². The van der Waals surface area contributed by atoms with Crippen LogP contribution in [-0.2, 0) is 0 Å². The van der Waals surface area contributed by atoms with Gasteiger partial charge in [-0.05, 0) is 44.3 Å². The minimum absolute atomic E-state index is 0.392. The van der Waals surface area contributed by atoms with E-state index in [9.17, 15) is 0 Å². The van der Waals surface area contributed by atoms with Gasteiger partial charge in [0.2, 0.25) is 0 Å². The highest BCUT2D eigenvalue weighted by atomic mass is 16.3. The number of hydrogen-bond donors (Lipinski definition) is 1. The van der Waals surface area contributed by atoms with Crippen molar-refractivity contribution in [3.63, 3.8) is 0 Å². The molecule has 1 N–H and O–H groups in total. The zero-order chi connectivity index (χ0) is 33.7. The molecular formula is C47H31N3O. The minimum atomic E-state index is -0.392. The zero-order valence-corrected chi connectivity index (χ0v) is 27.6. The Hall–Kier alpha value is -6.78. The number of hydrogen-bond acceptors (Lipinski definition) is 4. The Kier molecular flexibility index (Phi) is 6.85. The van der Waals surface area contributed by atoms with Crippen LogP contribution in [0.15, 0.2) is 190 Å². The molecule has 0 fully saturated rings. The van der Waals surface area contributed by atoms with Crippen LogP contribution in [0.1, 0.15) is 22.9 Å². The van der Waals surface area contributed by atoms with Crippen LogP contribution in [0.3, 0.4) is 0 Å². The van der Waals surface area contributed by atoms with Gasteiger partial charge in [-0.3, -0.25) is 0 Å². The maximum atomic E-state index is 6.72. The fourth-order valence-electron chi connectivity index (χ4n) is 7.53. The van der Waals surface area contributed by atoms with Gasteiger partial charge in [0.25, 0.3) is 0 Å². The molecule has 9 aromatic rings. The molecule has 1 aromatic heterocycles. The lowest BCUT2D eigenvalue weighted by molar-refractivity contribution is 0.663. The second-order valence-electron chi connectivity index (χ2n) is 13.0. The van der Waals surface area contributed by atoms with Crippen LogP contribution in [0.25, 0.3) is 65.7 Å². The van der Waals surface area contributed by atoms with Crippen molar-refractivity contribution >= 4 is 55.2 Å². The summed E-state index contributed by atoms with van der Waals surface area (Å²) in [5.41, 5.74) is 9.31. The molecule has 4 heteroatoms.